The van der Waals surface area contributed by atoms with E-state index in [4.69, 9.17) is 4.74 Å². The van der Waals surface area contributed by atoms with Gasteiger partial charge in [0, 0.05) is 0 Å². The van der Waals surface area contributed by atoms with E-state index in [9.17, 15) is 9.18 Å². The van der Waals surface area contributed by atoms with E-state index in [1.54, 1.807) is 6.92 Å². The Hall–Kier alpha value is -1.38. The van der Waals surface area contributed by atoms with Crippen LogP contribution in [0.3, 0.4) is 0 Å². The fourth-order valence-corrected chi connectivity index (χ4v) is 1.19. The van der Waals surface area contributed by atoms with Gasteiger partial charge in [-0.3, -0.25) is 0 Å². The van der Waals surface area contributed by atoms with Crippen LogP contribution in [0.15, 0.2) is 18.2 Å². The first kappa shape index (κ1) is 10.7. The first-order chi connectivity index (χ1) is 6.69. The van der Waals surface area contributed by atoms with Gasteiger partial charge in [-0.1, -0.05) is 6.92 Å². The van der Waals surface area contributed by atoms with Crippen LogP contribution in [0.1, 0.15) is 29.8 Å². The highest BCUT2D eigenvalue weighted by molar-refractivity contribution is 5.89. The van der Waals surface area contributed by atoms with Gasteiger partial charge in [0.05, 0.1) is 12.2 Å². The number of ether oxygens (including phenoxy) is 1. The minimum atomic E-state index is -0.401. The molecule has 0 N–H and O–H groups in total. The lowest BCUT2D eigenvalue weighted by atomic mass is 10.1. The van der Waals surface area contributed by atoms with Gasteiger partial charge in [-0.05, 0) is 37.1 Å². The molecule has 3 heteroatoms. The van der Waals surface area contributed by atoms with E-state index >= 15 is 0 Å². The van der Waals surface area contributed by atoms with E-state index in [1.165, 1.54) is 18.2 Å². The number of benzene rings is 1. The summed E-state index contributed by atoms with van der Waals surface area (Å²) >= 11 is 0. The molecule has 2 nitrogen and oxygen atoms in total. The lowest BCUT2D eigenvalue weighted by Gasteiger charge is -2.04. The summed E-state index contributed by atoms with van der Waals surface area (Å²) in [4.78, 5) is 11.3. The van der Waals surface area contributed by atoms with Gasteiger partial charge in [-0.25, -0.2) is 9.18 Å². The maximum Gasteiger partial charge on any atom is 0.338 e. The van der Waals surface area contributed by atoms with Crippen LogP contribution in [0.25, 0.3) is 0 Å². The van der Waals surface area contributed by atoms with Crippen molar-refractivity contribution in [2.75, 3.05) is 6.61 Å². The summed E-state index contributed by atoms with van der Waals surface area (Å²) in [5, 5.41) is 0. The van der Waals surface area contributed by atoms with E-state index < -0.39 is 5.97 Å². The number of halogens is 1. The van der Waals surface area contributed by atoms with Crippen LogP contribution >= 0.6 is 0 Å². The minimum absolute atomic E-state index is 0.277. The third-order valence-electron chi connectivity index (χ3n) is 1.94. The zero-order valence-electron chi connectivity index (χ0n) is 8.34. The van der Waals surface area contributed by atoms with Gasteiger partial charge in [-0.15, -0.1) is 0 Å². The molecule has 0 fully saturated rings. The van der Waals surface area contributed by atoms with Gasteiger partial charge in [0.15, 0.2) is 0 Å². The zero-order valence-corrected chi connectivity index (χ0v) is 8.34. The molecular weight excluding hydrogens is 183 g/mol. The first-order valence-corrected chi connectivity index (χ1v) is 4.64. The summed E-state index contributed by atoms with van der Waals surface area (Å²) < 4.78 is 17.9. The smallest absolute Gasteiger partial charge is 0.338 e. The Bertz CT molecular complexity index is 334. The van der Waals surface area contributed by atoms with Crippen molar-refractivity contribution in [2.45, 2.75) is 20.3 Å². The van der Waals surface area contributed by atoms with Crippen molar-refractivity contribution < 1.29 is 13.9 Å². The van der Waals surface area contributed by atoms with Gasteiger partial charge in [-0.2, -0.15) is 0 Å². The number of hydrogen-bond donors (Lipinski definition) is 0. The van der Waals surface area contributed by atoms with Crippen LogP contribution in [0.5, 0.6) is 0 Å². The molecule has 1 aromatic rings. The Balaban J connectivity index is 2.94. The molecule has 0 atom stereocenters. The molecule has 76 valence electrons. The van der Waals surface area contributed by atoms with Crippen LogP contribution in [0.4, 0.5) is 4.39 Å². The Morgan fingerprint density at radius 3 is 2.71 bits per heavy atom. The molecule has 0 bridgehead atoms. The fraction of sp³-hybridized carbons (Fsp3) is 0.364. The number of esters is 1. The topological polar surface area (TPSA) is 26.3 Å². The lowest BCUT2D eigenvalue weighted by molar-refractivity contribution is 0.0526. The maximum absolute atomic E-state index is 13.1. The summed E-state index contributed by atoms with van der Waals surface area (Å²) in [7, 11) is 0. The number of carbonyl (C=O) groups is 1. The molecular formula is C11H13FO2. The van der Waals surface area contributed by atoms with Crippen LogP contribution in [-0.4, -0.2) is 12.6 Å². The van der Waals surface area contributed by atoms with Crippen molar-refractivity contribution >= 4 is 5.97 Å². The largest absolute Gasteiger partial charge is 0.462 e. The second-order valence-electron chi connectivity index (χ2n) is 2.88. The van der Waals surface area contributed by atoms with E-state index in [0.717, 1.165) is 0 Å². The Labute approximate surface area is 82.7 Å². The SMILES string of the molecule is CCOC(=O)c1ccc(F)c(CC)c1. The molecule has 0 spiro atoms. The van der Waals surface area contributed by atoms with Gasteiger partial charge in [0.1, 0.15) is 5.82 Å². The third kappa shape index (κ3) is 2.31. The van der Waals surface area contributed by atoms with Crippen LogP contribution in [-0.2, 0) is 11.2 Å². The predicted molar refractivity (Wildman–Crippen MR) is 51.7 cm³/mol. The van der Waals surface area contributed by atoms with E-state index in [0.29, 0.717) is 24.2 Å². The molecule has 0 heterocycles. The van der Waals surface area contributed by atoms with Gasteiger partial charge < -0.3 is 4.74 Å². The van der Waals surface area contributed by atoms with Crippen LogP contribution in [0, 0.1) is 5.82 Å². The Kier molecular flexibility index (Phi) is 3.63. The normalized spacial score (nSPS) is 9.93. The average Bonchev–Trinajstić information content (AvgIpc) is 2.19. The molecule has 14 heavy (non-hydrogen) atoms. The highest BCUT2D eigenvalue weighted by Crippen LogP contribution is 2.12. The highest BCUT2D eigenvalue weighted by atomic mass is 19.1. The third-order valence-corrected chi connectivity index (χ3v) is 1.94. The Morgan fingerprint density at radius 2 is 2.14 bits per heavy atom. The van der Waals surface area contributed by atoms with Gasteiger partial charge in [0.2, 0.25) is 0 Å². The molecule has 1 rings (SSSR count). The van der Waals surface area contributed by atoms with E-state index in [-0.39, 0.29) is 5.82 Å². The standard InChI is InChI=1S/C11H13FO2/c1-3-8-7-9(5-6-10(8)12)11(13)14-4-2/h5-7H,3-4H2,1-2H3. The molecule has 0 aromatic heterocycles. The average molecular weight is 196 g/mol. The highest BCUT2D eigenvalue weighted by Gasteiger charge is 2.08. The molecule has 0 amide bonds. The number of aryl methyl sites for hydroxylation is 1. The molecule has 0 aliphatic heterocycles. The van der Waals surface area contributed by atoms with Crippen molar-refractivity contribution in [1.82, 2.24) is 0 Å². The molecule has 0 aliphatic carbocycles. The maximum atomic E-state index is 13.1. The monoisotopic (exact) mass is 196 g/mol. The predicted octanol–water partition coefficient (Wildman–Crippen LogP) is 2.56. The quantitative estimate of drug-likeness (QED) is 0.694. The summed E-state index contributed by atoms with van der Waals surface area (Å²) in [6, 6.07) is 4.27. The zero-order chi connectivity index (χ0) is 10.6. The second kappa shape index (κ2) is 4.74. The summed E-state index contributed by atoms with van der Waals surface area (Å²) in [6.45, 7) is 3.91. The molecule has 0 saturated heterocycles. The van der Waals surface area contributed by atoms with E-state index in [2.05, 4.69) is 0 Å². The molecule has 0 saturated carbocycles. The molecule has 0 unspecified atom stereocenters. The first-order valence-electron chi connectivity index (χ1n) is 4.64. The number of rotatable bonds is 3. The number of hydrogen-bond acceptors (Lipinski definition) is 2. The minimum Gasteiger partial charge on any atom is -0.462 e. The summed E-state index contributed by atoms with van der Waals surface area (Å²) in [6.07, 6.45) is 0.569. The Morgan fingerprint density at radius 1 is 1.43 bits per heavy atom. The fourth-order valence-electron chi connectivity index (χ4n) is 1.19. The number of carbonyl (C=O) groups excluding carboxylic acids is 1. The van der Waals surface area contributed by atoms with E-state index in [1.807, 2.05) is 6.92 Å². The summed E-state index contributed by atoms with van der Waals surface area (Å²) in [5.74, 6) is -0.678. The second-order valence-corrected chi connectivity index (χ2v) is 2.88. The molecule has 1 aromatic carbocycles. The lowest BCUT2D eigenvalue weighted by Crippen LogP contribution is -2.05. The van der Waals surface area contributed by atoms with Gasteiger partial charge >= 0.3 is 5.97 Å². The van der Waals surface area contributed by atoms with Crippen molar-refractivity contribution in [3.63, 3.8) is 0 Å². The van der Waals surface area contributed by atoms with Crippen LogP contribution in [0.2, 0.25) is 0 Å². The van der Waals surface area contributed by atoms with Crippen molar-refractivity contribution in [2.24, 2.45) is 0 Å². The van der Waals surface area contributed by atoms with Gasteiger partial charge in [0.25, 0.3) is 0 Å². The van der Waals surface area contributed by atoms with Crippen molar-refractivity contribution in [3.05, 3.63) is 35.1 Å². The summed E-state index contributed by atoms with van der Waals surface area (Å²) in [5.41, 5.74) is 0.945. The van der Waals surface area contributed by atoms with Crippen LogP contribution < -0.4 is 0 Å². The molecule has 0 radical (unpaired) electrons. The van der Waals surface area contributed by atoms with Crippen molar-refractivity contribution in [3.8, 4) is 0 Å². The molecule has 0 aliphatic rings. The van der Waals surface area contributed by atoms with Crippen molar-refractivity contribution in [1.29, 1.82) is 0 Å².